The summed E-state index contributed by atoms with van der Waals surface area (Å²) in [5.41, 5.74) is 0. The maximum absolute atomic E-state index is 9.02. The zero-order valence-corrected chi connectivity index (χ0v) is 2.38. The molecule has 27 valence electrons. The molecule has 0 aliphatic heterocycles. The lowest BCUT2D eigenvalue weighted by molar-refractivity contribution is 0.351. The second-order valence-electron chi connectivity index (χ2n) is 0.368. The fraction of sp³-hybridized carbons (Fsp3) is 0. The molecule has 0 aromatic carbocycles. The number of hydrogen-bond donors (Lipinski definition) is 0. The van der Waals surface area contributed by atoms with E-state index in [2.05, 4.69) is 4.60 Å². The normalized spacial score (nSPS) is 8.80. The minimum atomic E-state index is 0.271. The van der Waals surface area contributed by atoms with Crippen molar-refractivity contribution in [2.45, 2.75) is 0 Å². The highest BCUT2D eigenvalue weighted by Gasteiger charge is 1.72. The van der Waals surface area contributed by atoms with Gasteiger partial charge >= 0.3 is 6.26 Å². The van der Waals surface area contributed by atoms with Crippen molar-refractivity contribution in [3.63, 3.8) is 0 Å². The molecule has 0 fully saturated rings. The summed E-state index contributed by atoms with van der Waals surface area (Å²) in [6.45, 7) is 0. The van der Waals surface area contributed by atoms with Crippen LogP contribution in [0.1, 0.15) is 0 Å². The molecule has 0 unspecified atom stereocenters. The van der Waals surface area contributed by atoms with Gasteiger partial charge in [-0.3, -0.25) is 5.11 Å². The van der Waals surface area contributed by atoms with Crippen LogP contribution in [-0.4, -0.2) is 0 Å². The Morgan fingerprint density at radius 2 is 2.20 bits per heavy atom. The maximum atomic E-state index is 9.02. The molecular formula is C2H2O3+. The minimum Gasteiger partial charge on any atom is -0.288 e. The first kappa shape index (κ1) is 4.14. The molecule has 1 radical (unpaired) electrons. The van der Waals surface area contributed by atoms with E-state index < -0.39 is 0 Å². The standard InChI is InChI=1S/C2H2O3/c3-1-2-5-4/h1-2H/q+1. The zero-order valence-electron chi connectivity index (χ0n) is 2.38. The Morgan fingerprint density at radius 1 is 1.60 bits per heavy atom. The SMILES string of the molecule is [O]C=C[O+]=O. The smallest absolute Gasteiger partial charge is 0.288 e. The highest BCUT2D eigenvalue weighted by Crippen LogP contribution is 1.58. The molecule has 0 N–H and O–H groups in total. The third-order valence-electron chi connectivity index (χ3n) is 0.111. The van der Waals surface area contributed by atoms with Gasteiger partial charge in [0.15, 0.2) is 0 Å². The van der Waals surface area contributed by atoms with Crippen LogP contribution in [-0.2, 0) is 5.11 Å². The summed E-state index contributed by atoms with van der Waals surface area (Å²) in [6, 6.07) is 0. The fourth-order valence-corrected chi connectivity index (χ4v) is 0.0227. The molecule has 0 saturated carbocycles. The van der Waals surface area contributed by atoms with E-state index in [0.29, 0.717) is 6.26 Å². The molecule has 0 aromatic heterocycles. The minimum absolute atomic E-state index is 0.271. The van der Waals surface area contributed by atoms with Crippen LogP contribution in [0.25, 0.3) is 0 Å². The van der Waals surface area contributed by atoms with E-state index in [-0.39, 0.29) is 6.26 Å². The van der Waals surface area contributed by atoms with Crippen LogP contribution in [0.15, 0.2) is 12.5 Å². The van der Waals surface area contributed by atoms with Crippen LogP contribution in [0.2, 0.25) is 0 Å². The predicted molar refractivity (Wildman–Crippen MR) is 16.6 cm³/mol. The summed E-state index contributed by atoms with van der Waals surface area (Å²) >= 11 is 0. The molecule has 0 aliphatic rings. The van der Waals surface area contributed by atoms with Gasteiger partial charge in [0, 0.05) is 0 Å². The third-order valence-corrected chi connectivity index (χ3v) is 0.111. The molecular weight excluding hydrogens is 72.0 g/mol. The van der Waals surface area contributed by atoms with Crippen LogP contribution < -0.4 is 0 Å². The zero-order chi connectivity index (χ0) is 4.12. The third kappa shape index (κ3) is 3.14. The molecule has 0 atom stereocenters. The Morgan fingerprint density at radius 3 is 2.20 bits per heavy atom. The van der Waals surface area contributed by atoms with Gasteiger partial charge in [-0.25, -0.2) is 0 Å². The van der Waals surface area contributed by atoms with Gasteiger partial charge in [0.25, 0.3) is 0 Å². The van der Waals surface area contributed by atoms with Crippen molar-refractivity contribution in [2.24, 2.45) is 0 Å². The number of hydrogen-bond acceptors (Lipinski definition) is 1. The van der Waals surface area contributed by atoms with Crippen molar-refractivity contribution >= 4 is 0 Å². The lowest BCUT2D eigenvalue weighted by Crippen LogP contribution is -1.40. The van der Waals surface area contributed by atoms with Gasteiger partial charge in [0.1, 0.15) is 0 Å². The number of rotatable bonds is 1. The summed E-state index contributed by atoms with van der Waals surface area (Å²) < 4.78 is 2.95. The van der Waals surface area contributed by atoms with Crippen molar-refractivity contribution in [1.82, 2.24) is 0 Å². The van der Waals surface area contributed by atoms with Gasteiger partial charge in [0.2, 0.25) is 11.2 Å². The van der Waals surface area contributed by atoms with Crippen molar-refractivity contribution in [3.05, 3.63) is 22.1 Å². The Hall–Kier alpha value is -0.860. The van der Waals surface area contributed by atoms with E-state index >= 15 is 0 Å². The van der Waals surface area contributed by atoms with Crippen LogP contribution >= 0.6 is 0 Å². The monoisotopic (exact) mass is 74.0 g/mol. The van der Waals surface area contributed by atoms with Crippen LogP contribution in [0.3, 0.4) is 0 Å². The first-order valence-electron chi connectivity index (χ1n) is 0.971. The van der Waals surface area contributed by atoms with Crippen LogP contribution in [0.5, 0.6) is 0 Å². The van der Waals surface area contributed by atoms with E-state index in [0.717, 1.165) is 0 Å². The lowest BCUT2D eigenvalue weighted by atomic mass is 11.1. The summed E-state index contributed by atoms with van der Waals surface area (Å²) in [7, 11) is 0. The maximum Gasteiger partial charge on any atom is 0.442 e. The summed E-state index contributed by atoms with van der Waals surface area (Å²) in [5.74, 6) is 0. The van der Waals surface area contributed by atoms with Crippen LogP contribution in [0, 0.1) is 9.56 Å². The summed E-state index contributed by atoms with van der Waals surface area (Å²) in [5, 5.41) is 9.02. The topological polar surface area (TPSA) is 48.3 Å². The van der Waals surface area contributed by atoms with E-state index in [1.807, 2.05) is 0 Å². The van der Waals surface area contributed by atoms with Gasteiger partial charge in [0.05, 0.1) is 4.60 Å². The van der Waals surface area contributed by atoms with E-state index in [1.54, 1.807) is 0 Å². The van der Waals surface area contributed by atoms with E-state index in [1.165, 1.54) is 0 Å². The summed E-state index contributed by atoms with van der Waals surface area (Å²) in [4.78, 5) is 8.74. The Kier molecular flexibility index (Phi) is 2.60. The van der Waals surface area contributed by atoms with Crippen LogP contribution in [0.4, 0.5) is 0 Å². The van der Waals surface area contributed by atoms with Gasteiger partial charge in [-0.1, -0.05) is 0 Å². The fourth-order valence-electron chi connectivity index (χ4n) is 0.0227. The average molecular weight is 74.0 g/mol. The van der Waals surface area contributed by atoms with Gasteiger partial charge in [-0.05, 0) is 0 Å². The largest absolute Gasteiger partial charge is 0.442 e. The Balaban J connectivity index is 2.92. The molecule has 0 aromatic rings. The molecule has 3 heteroatoms. The molecule has 0 amide bonds. The second kappa shape index (κ2) is 3.14. The van der Waals surface area contributed by atoms with Gasteiger partial charge in [-0.15, -0.1) is 0 Å². The van der Waals surface area contributed by atoms with Crippen molar-refractivity contribution in [3.8, 4) is 0 Å². The average Bonchev–Trinajstić information content (AvgIpc) is 1.41. The van der Waals surface area contributed by atoms with Crippen molar-refractivity contribution in [2.75, 3.05) is 0 Å². The van der Waals surface area contributed by atoms with Gasteiger partial charge < -0.3 is 0 Å². The molecule has 0 aliphatic carbocycles. The Bertz CT molecular complexity index is 46.9. The lowest BCUT2D eigenvalue weighted by Gasteiger charge is -1.32. The molecule has 5 heavy (non-hydrogen) atoms. The molecule has 0 rings (SSSR count). The highest BCUT2D eigenvalue weighted by molar-refractivity contribution is 4.85. The van der Waals surface area contributed by atoms with Crippen molar-refractivity contribution < 1.29 is 5.11 Å². The van der Waals surface area contributed by atoms with E-state index in [9.17, 15) is 0 Å². The first-order valence-corrected chi connectivity index (χ1v) is 0.971. The second-order valence-corrected chi connectivity index (χ2v) is 0.368. The van der Waals surface area contributed by atoms with E-state index in [4.69, 9.17) is 10.1 Å². The quantitative estimate of drug-likeness (QED) is 0.330. The van der Waals surface area contributed by atoms with Gasteiger partial charge in [-0.2, -0.15) is 0 Å². The molecule has 0 heterocycles. The Labute approximate surface area is 28.5 Å². The predicted octanol–water partition coefficient (Wildman–Crippen LogP) is 0.504. The highest BCUT2D eigenvalue weighted by atomic mass is 16.8. The molecule has 3 nitrogen and oxygen atoms in total. The molecule has 0 saturated heterocycles. The molecule has 0 bridgehead atoms. The molecule has 0 spiro atoms. The van der Waals surface area contributed by atoms with Crippen molar-refractivity contribution in [1.29, 1.82) is 0 Å². The first-order chi connectivity index (χ1) is 2.41. The summed E-state index contributed by atoms with van der Waals surface area (Å²) in [6.07, 6.45) is 0.785.